The van der Waals surface area contributed by atoms with E-state index >= 15 is 0 Å². The van der Waals surface area contributed by atoms with E-state index in [1.165, 1.54) is 30.6 Å². The molecule has 0 bridgehead atoms. The van der Waals surface area contributed by atoms with Crippen LogP contribution in [0.1, 0.15) is 28.8 Å². The predicted octanol–water partition coefficient (Wildman–Crippen LogP) is 3.44. The van der Waals surface area contributed by atoms with Crippen molar-refractivity contribution in [2.45, 2.75) is 25.4 Å². The molecule has 1 aliphatic rings. The van der Waals surface area contributed by atoms with Crippen molar-refractivity contribution in [3.05, 3.63) is 77.9 Å². The van der Waals surface area contributed by atoms with E-state index in [4.69, 9.17) is 0 Å². The normalized spacial score (nSPS) is 15.7. The SMILES string of the molecule is O=C(Nc1ccc(CNc2cc(N3CCCC3CO)ncn2)cc1)c1ccc(F)cc1. The summed E-state index contributed by atoms with van der Waals surface area (Å²) in [5, 5.41) is 15.6. The minimum Gasteiger partial charge on any atom is -0.394 e. The molecule has 7 nitrogen and oxygen atoms in total. The van der Waals surface area contributed by atoms with Gasteiger partial charge in [0.2, 0.25) is 0 Å². The lowest BCUT2D eigenvalue weighted by Crippen LogP contribution is -2.32. The maximum atomic E-state index is 13.0. The van der Waals surface area contributed by atoms with E-state index in [1.54, 1.807) is 0 Å². The van der Waals surface area contributed by atoms with Gasteiger partial charge in [-0.3, -0.25) is 4.79 Å². The zero-order valence-corrected chi connectivity index (χ0v) is 17.0. The third-order valence-corrected chi connectivity index (χ3v) is 5.33. The molecule has 1 fully saturated rings. The highest BCUT2D eigenvalue weighted by atomic mass is 19.1. The fourth-order valence-corrected chi connectivity index (χ4v) is 3.63. The Morgan fingerprint density at radius 3 is 2.65 bits per heavy atom. The maximum Gasteiger partial charge on any atom is 0.255 e. The molecule has 0 radical (unpaired) electrons. The van der Waals surface area contributed by atoms with Crippen molar-refractivity contribution in [1.82, 2.24) is 9.97 Å². The zero-order chi connectivity index (χ0) is 21.6. The lowest BCUT2D eigenvalue weighted by atomic mass is 10.1. The van der Waals surface area contributed by atoms with Gasteiger partial charge in [-0.25, -0.2) is 14.4 Å². The van der Waals surface area contributed by atoms with Crippen molar-refractivity contribution < 1.29 is 14.3 Å². The van der Waals surface area contributed by atoms with E-state index in [9.17, 15) is 14.3 Å². The topological polar surface area (TPSA) is 90.4 Å². The second kappa shape index (κ2) is 9.53. The summed E-state index contributed by atoms with van der Waals surface area (Å²) < 4.78 is 13.0. The van der Waals surface area contributed by atoms with E-state index < -0.39 is 0 Å². The first-order valence-corrected chi connectivity index (χ1v) is 10.2. The number of hydrogen-bond donors (Lipinski definition) is 3. The number of hydrogen-bond acceptors (Lipinski definition) is 6. The summed E-state index contributed by atoms with van der Waals surface area (Å²) >= 11 is 0. The van der Waals surface area contributed by atoms with Crippen LogP contribution < -0.4 is 15.5 Å². The Labute approximate surface area is 180 Å². The molecule has 3 aromatic rings. The molecule has 3 N–H and O–H groups in total. The van der Waals surface area contributed by atoms with Crippen LogP contribution >= 0.6 is 0 Å². The monoisotopic (exact) mass is 421 g/mol. The van der Waals surface area contributed by atoms with Crippen LogP contribution in [-0.2, 0) is 6.54 Å². The molecule has 2 aromatic carbocycles. The first kappa shape index (κ1) is 20.7. The third-order valence-electron chi connectivity index (χ3n) is 5.33. The van der Waals surface area contributed by atoms with Crippen molar-refractivity contribution in [3.8, 4) is 0 Å². The maximum absolute atomic E-state index is 13.0. The van der Waals surface area contributed by atoms with Gasteiger partial charge in [-0.1, -0.05) is 12.1 Å². The molecule has 0 aliphatic carbocycles. The van der Waals surface area contributed by atoms with Gasteiger partial charge >= 0.3 is 0 Å². The second-order valence-electron chi connectivity index (χ2n) is 7.44. The molecular formula is C23H24FN5O2. The Morgan fingerprint density at radius 2 is 1.90 bits per heavy atom. The van der Waals surface area contributed by atoms with E-state index in [0.717, 1.165) is 30.8 Å². The van der Waals surface area contributed by atoms with Gasteiger partial charge in [0.15, 0.2) is 0 Å². The van der Waals surface area contributed by atoms with Crippen LogP contribution in [0.15, 0.2) is 60.9 Å². The summed E-state index contributed by atoms with van der Waals surface area (Å²) in [4.78, 5) is 23.0. The van der Waals surface area contributed by atoms with E-state index in [2.05, 4.69) is 25.5 Å². The van der Waals surface area contributed by atoms with Gasteiger partial charge in [0.1, 0.15) is 23.8 Å². The van der Waals surface area contributed by atoms with Crippen molar-refractivity contribution in [3.63, 3.8) is 0 Å². The average molecular weight is 421 g/mol. The van der Waals surface area contributed by atoms with Crippen molar-refractivity contribution in [2.24, 2.45) is 0 Å². The minimum atomic E-state index is -0.377. The first-order valence-electron chi connectivity index (χ1n) is 10.2. The van der Waals surface area contributed by atoms with Crippen molar-refractivity contribution in [1.29, 1.82) is 0 Å². The highest BCUT2D eigenvalue weighted by molar-refractivity contribution is 6.04. The zero-order valence-electron chi connectivity index (χ0n) is 17.0. The molecule has 8 heteroatoms. The number of anilines is 3. The van der Waals surface area contributed by atoms with Gasteiger partial charge in [0.25, 0.3) is 5.91 Å². The summed E-state index contributed by atoms with van der Waals surface area (Å²) in [7, 11) is 0. The Kier molecular flexibility index (Phi) is 6.37. The summed E-state index contributed by atoms with van der Waals surface area (Å²) in [6.07, 6.45) is 3.54. The smallest absolute Gasteiger partial charge is 0.255 e. The minimum absolute atomic E-state index is 0.111. The lowest BCUT2D eigenvalue weighted by molar-refractivity contribution is 0.102. The highest BCUT2D eigenvalue weighted by Gasteiger charge is 2.25. The molecule has 2 heterocycles. The van der Waals surface area contributed by atoms with Gasteiger partial charge in [0, 0.05) is 30.4 Å². The summed E-state index contributed by atoms with van der Waals surface area (Å²) in [6, 6.07) is 14.9. The number of aliphatic hydroxyl groups excluding tert-OH is 1. The molecule has 1 atom stereocenters. The number of nitrogens with zero attached hydrogens (tertiary/aromatic N) is 3. The standard InChI is InChI=1S/C23H24FN5O2/c24-18-7-5-17(6-8-18)23(31)28-19-9-3-16(4-10-19)13-25-21-12-22(27-15-26-21)29-11-1-2-20(29)14-30/h3-10,12,15,20,30H,1-2,11,13-14H2,(H,28,31)(H,25,26,27). The molecule has 160 valence electrons. The number of aliphatic hydroxyl groups is 1. The van der Waals surface area contributed by atoms with Crippen LogP contribution in [0.3, 0.4) is 0 Å². The van der Waals surface area contributed by atoms with Gasteiger partial charge in [-0.15, -0.1) is 0 Å². The summed E-state index contributed by atoms with van der Waals surface area (Å²) in [6.45, 7) is 1.57. The van der Waals surface area contributed by atoms with E-state index in [1.807, 2.05) is 30.3 Å². The van der Waals surface area contributed by atoms with Gasteiger partial charge < -0.3 is 20.6 Å². The van der Waals surface area contributed by atoms with Crippen LogP contribution in [0.5, 0.6) is 0 Å². The lowest BCUT2D eigenvalue weighted by Gasteiger charge is -2.24. The molecule has 4 rings (SSSR count). The quantitative estimate of drug-likeness (QED) is 0.542. The van der Waals surface area contributed by atoms with Crippen molar-refractivity contribution >= 4 is 23.2 Å². The Bertz CT molecular complexity index is 1030. The van der Waals surface area contributed by atoms with E-state index in [0.29, 0.717) is 23.6 Å². The van der Waals surface area contributed by atoms with Gasteiger partial charge in [0.05, 0.1) is 12.6 Å². The van der Waals surface area contributed by atoms with E-state index in [-0.39, 0.29) is 24.4 Å². The number of carbonyl (C=O) groups excluding carboxylic acids is 1. The number of amides is 1. The molecule has 1 aliphatic heterocycles. The van der Waals surface area contributed by atoms with Crippen LogP contribution in [0.2, 0.25) is 0 Å². The molecule has 1 aromatic heterocycles. The largest absolute Gasteiger partial charge is 0.394 e. The Balaban J connectivity index is 1.34. The number of carbonyl (C=O) groups is 1. The third kappa shape index (κ3) is 5.16. The predicted molar refractivity (Wildman–Crippen MR) is 118 cm³/mol. The fraction of sp³-hybridized carbons (Fsp3) is 0.261. The highest BCUT2D eigenvalue weighted by Crippen LogP contribution is 2.24. The summed E-state index contributed by atoms with van der Waals surface area (Å²) in [5.41, 5.74) is 2.08. The molecular weight excluding hydrogens is 397 g/mol. The molecule has 0 saturated carbocycles. The van der Waals surface area contributed by atoms with Crippen LogP contribution in [0.25, 0.3) is 0 Å². The van der Waals surface area contributed by atoms with Crippen LogP contribution in [0, 0.1) is 5.82 Å². The number of halogens is 1. The van der Waals surface area contributed by atoms with Crippen LogP contribution in [-0.4, -0.2) is 40.2 Å². The van der Waals surface area contributed by atoms with Crippen molar-refractivity contribution in [2.75, 3.05) is 28.7 Å². The molecule has 31 heavy (non-hydrogen) atoms. The number of nitrogens with one attached hydrogen (secondary N) is 2. The average Bonchev–Trinajstić information content (AvgIpc) is 3.28. The summed E-state index contributed by atoms with van der Waals surface area (Å²) in [5.74, 6) is 0.857. The number of benzene rings is 2. The van der Waals surface area contributed by atoms with Crippen LogP contribution in [0.4, 0.5) is 21.7 Å². The molecule has 1 unspecified atom stereocenters. The number of aromatic nitrogens is 2. The first-order chi connectivity index (χ1) is 15.1. The second-order valence-corrected chi connectivity index (χ2v) is 7.44. The van der Waals surface area contributed by atoms with Gasteiger partial charge in [-0.05, 0) is 54.8 Å². The molecule has 1 amide bonds. The number of rotatable bonds is 7. The Morgan fingerprint density at radius 1 is 1.13 bits per heavy atom. The molecule has 1 saturated heterocycles. The molecule has 0 spiro atoms. The Hall–Kier alpha value is -3.52. The fourth-order valence-electron chi connectivity index (χ4n) is 3.63. The van der Waals surface area contributed by atoms with Gasteiger partial charge in [-0.2, -0.15) is 0 Å².